The van der Waals surface area contributed by atoms with Crippen molar-refractivity contribution in [2.45, 2.75) is 71.2 Å². The first-order valence-corrected chi connectivity index (χ1v) is 8.73. The van der Waals surface area contributed by atoms with Gasteiger partial charge in [0, 0.05) is 12.5 Å². The maximum atomic E-state index is 10.2. The lowest BCUT2D eigenvalue weighted by molar-refractivity contribution is -0.108. The zero-order chi connectivity index (χ0) is 12.1. The van der Waals surface area contributed by atoms with E-state index in [9.17, 15) is 4.79 Å². The van der Waals surface area contributed by atoms with E-state index in [0.717, 1.165) is 19.1 Å². The van der Waals surface area contributed by atoms with Crippen LogP contribution in [0.3, 0.4) is 0 Å². The summed E-state index contributed by atoms with van der Waals surface area (Å²) in [6.07, 6.45) is 3.86. The van der Waals surface area contributed by atoms with Gasteiger partial charge in [0.1, 0.15) is 6.29 Å². The second-order valence-electron chi connectivity index (χ2n) is 5.79. The van der Waals surface area contributed by atoms with Gasteiger partial charge in [0.25, 0.3) is 0 Å². The van der Waals surface area contributed by atoms with Crippen LogP contribution in [0.25, 0.3) is 0 Å². The van der Waals surface area contributed by atoms with E-state index >= 15 is 0 Å². The normalized spacial score (nSPS) is 15.1. The van der Waals surface area contributed by atoms with Crippen molar-refractivity contribution in [3.63, 3.8) is 0 Å². The number of hydrogen-bond donors (Lipinski definition) is 0. The Morgan fingerprint density at radius 2 is 1.87 bits per heavy atom. The van der Waals surface area contributed by atoms with Gasteiger partial charge in [-0.3, -0.25) is 0 Å². The standard InChI is InChI=1S/C12H26O2Si/c1-11(9-7-8-10-13)14-15(5,6)12(2,3)4/h10-11H,7-9H2,1-6H3/t11-/m0/s1. The van der Waals surface area contributed by atoms with E-state index in [0.29, 0.717) is 6.42 Å². The van der Waals surface area contributed by atoms with Gasteiger partial charge in [-0.25, -0.2) is 0 Å². The van der Waals surface area contributed by atoms with E-state index < -0.39 is 8.32 Å². The van der Waals surface area contributed by atoms with Crippen molar-refractivity contribution in [2.75, 3.05) is 0 Å². The van der Waals surface area contributed by atoms with Crippen molar-refractivity contribution >= 4 is 14.6 Å². The van der Waals surface area contributed by atoms with Crippen LogP contribution in [0.1, 0.15) is 47.0 Å². The molecule has 0 heterocycles. The summed E-state index contributed by atoms with van der Waals surface area (Å²) in [5, 5.41) is 0.270. The van der Waals surface area contributed by atoms with Crippen molar-refractivity contribution in [3.8, 4) is 0 Å². The van der Waals surface area contributed by atoms with Gasteiger partial charge in [-0.2, -0.15) is 0 Å². The number of rotatable bonds is 6. The Bertz CT molecular complexity index is 194. The molecule has 0 aromatic rings. The van der Waals surface area contributed by atoms with Crippen LogP contribution in [0.4, 0.5) is 0 Å². The first-order valence-electron chi connectivity index (χ1n) is 5.82. The minimum absolute atomic E-state index is 0.270. The van der Waals surface area contributed by atoms with Gasteiger partial charge >= 0.3 is 0 Å². The Morgan fingerprint density at radius 1 is 1.33 bits per heavy atom. The molecule has 1 atom stereocenters. The summed E-state index contributed by atoms with van der Waals surface area (Å²) in [5.74, 6) is 0. The third kappa shape index (κ3) is 5.47. The molecule has 0 aromatic carbocycles. The molecule has 3 heteroatoms. The van der Waals surface area contributed by atoms with Gasteiger partial charge in [-0.1, -0.05) is 20.8 Å². The van der Waals surface area contributed by atoms with E-state index in [1.165, 1.54) is 0 Å². The fourth-order valence-corrected chi connectivity index (χ4v) is 2.70. The molecule has 0 aliphatic rings. The number of aldehydes is 1. The second-order valence-corrected chi connectivity index (χ2v) is 10.5. The quantitative estimate of drug-likeness (QED) is 0.394. The van der Waals surface area contributed by atoms with Gasteiger partial charge < -0.3 is 9.22 Å². The lowest BCUT2D eigenvalue weighted by Gasteiger charge is -2.38. The van der Waals surface area contributed by atoms with E-state index in [4.69, 9.17) is 4.43 Å². The zero-order valence-electron chi connectivity index (χ0n) is 11.1. The molecule has 0 radical (unpaired) electrons. The molecule has 0 rings (SSSR count). The zero-order valence-corrected chi connectivity index (χ0v) is 12.1. The molecule has 0 fully saturated rings. The molecule has 0 saturated heterocycles. The Balaban J connectivity index is 4.04. The minimum atomic E-state index is -1.62. The average Bonchev–Trinajstić information content (AvgIpc) is 2.01. The van der Waals surface area contributed by atoms with E-state index in [1.54, 1.807) is 0 Å². The summed E-state index contributed by atoms with van der Waals surface area (Å²) in [4.78, 5) is 10.2. The lowest BCUT2D eigenvalue weighted by Crippen LogP contribution is -2.43. The molecular weight excluding hydrogens is 204 g/mol. The van der Waals surface area contributed by atoms with Crippen molar-refractivity contribution in [2.24, 2.45) is 0 Å². The maximum Gasteiger partial charge on any atom is 0.192 e. The summed E-state index contributed by atoms with van der Waals surface area (Å²) >= 11 is 0. The molecule has 0 bridgehead atoms. The summed E-state index contributed by atoms with van der Waals surface area (Å²) in [7, 11) is -1.62. The number of carbonyl (C=O) groups is 1. The second kappa shape index (κ2) is 5.80. The van der Waals surface area contributed by atoms with Crippen LogP contribution >= 0.6 is 0 Å². The topological polar surface area (TPSA) is 26.3 Å². The highest BCUT2D eigenvalue weighted by molar-refractivity contribution is 6.74. The fraction of sp³-hybridized carbons (Fsp3) is 0.917. The summed E-state index contributed by atoms with van der Waals surface area (Å²) in [5.41, 5.74) is 0. The molecule has 15 heavy (non-hydrogen) atoms. The highest BCUT2D eigenvalue weighted by atomic mass is 28.4. The monoisotopic (exact) mass is 230 g/mol. The van der Waals surface area contributed by atoms with Crippen LogP contribution in [0.2, 0.25) is 18.1 Å². The first kappa shape index (κ1) is 14.8. The highest BCUT2D eigenvalue weighted by Gasteiger charge is 2.38. The van der Waals surface area contributed by atoms with E-state index in [2.05, 4.69) is 40.8 Å². The van der Waals surface area contributed by atoms with Crippen LogP contribution in [0.5, 0.6) is 0 Å². The molecule has 0 saturated carbocycles. The van der Waals surface area contributed by atoms with Gasteiger partial charge in [0.2, 0.25) is 0 Å². The molecule has 0 aromatic heterocycles. The molecule has 0 N–H and O–H groups in total. The summed E-state index contributed by atoms with van der Waals surface area (Å²) in [6.45, 7) is 13.4. The molecule has 0 amide bonds. The predicted octanol–water partition coefficient (Wildman–Crippen LogP) is 3.77. The Morgan fingerprint density at radius 3 is 2.27 bits per heavy atom. The number of unbranched alkanes of at least 4 members (excludes halogenated alkanes) is 1. The first-order chi connectivity index (χ1) is 6.70. The molecular formula is C12H26O2Si. The Hall–Kier alpha value is -0.153. The van der Waals surface area contributed by atoms with Crippen LogP contribution in [0, 0.1) is 0 Å². The Labute approximate surface area is 95.5 Å². The van der Waals surface area contributed by atoms with Gasteiger partial charge in [-0.15, -0.1) is 0 Å². The molecule has 0 unspecified atom stereocenters. The molecule has 90 valence electrons. The SMILES string of the molecule is C[C@@H](CCCC=O)O[Si](C)(C)C(C)(C)C. The minimum Gasteiger partial charge on any atom is -0.414 e. The lowest BCUT2D eigenvalue weighted by atomic mass is 10.2. The van der Waals surface area contributed by atoms with Crippen molar-refractivity contribution < 1.29 is 9.22 Å². The average molecular weight is 230 g/mol. The predicted molar refractivity (Wildman–Crippen MR) is 67.7 cm³/mol. The summed E-state index contributed by atoms with van der Waals surface area (Å²) < 4.78 is 6.17. The van der Waals surface area contributed by atoms with E-state index in [-0.39, 0.29) is 11.1 Å². The molecule has 0 spiro atoms. The van der Waals surface area contributed by atoms with E-state index in [1.807, 2.05) is 0 Å². The smallest absolute Gasteiger partial charge is 0.192 e. The molecule has 2 nitrogen and oxygen atoms in total. The fourth-order valence-electron chi connectivity index (χ4n) is 1.23. The number of carbonyl (C=O) groups excluding carboxylic acids is 1. The molecule has 0 aliphatic heterocycles. The van der Waals surface area contributed by atoms with Crippen LogP contribution in [-0.4, -0.2) is 20.7 Å². The van der Waals surface area contributed by atoms with Gasteiger partial charge in [-0.05, 0) is 37.9 Å². The van der Waals surface area contributed by atoms with Crippen molar-refractivity contribution in [1.29, 1.82) is 0 Å². The van der Waals surface area contributed by atoms with Crippen LogP contribution < -0.4 is 0 Å². The molecule has 0 aliphatic carbocycles. The third-order valence-corrected chi connectivity index (χ3v) is 7.84. The van der Waals surface area contributed by atoms with Crippen LogP contribution in [0.15, 0.2) is 0 Å². The Kier molecular flexibility index (Phi) is 5.74. The maximum absolute atomic E-state index is 10.2. The highest BCUT2D eigenvalue weighted by Crippen LogP contribution is 2.37. The van der Waals surface area contributed by atoms with Gasteiger partial charge in [0.15, 0.2) is 8.32 Å². The van der Waals surface area contributed by atoms with Crippen LogP contribution in [-0.2, 0) is 9.22 Å². The third-order valence-electron chi connectivity index (χ3n) is 3.23. The van der Waals surface area contributed by atoms with Gasteiger partial charge in [0.05, 0.1) is 0 Å². The largest absolute Gasteiger partial charge is 0.414 e. The van der Waals surface area contributed by atoms with Crippen molar-refractivity contribution in [1.82, 2.24) is 0 Å². The van der Waals surface area contributed by atoms with Crippen molar-refractivity contribution in [3.05, 3.63) is 0 Å². The number of hydrogen-bond acceptors (Lipinski definition) is 2. The summed E-state index contributed by atoms with van der Waals surface area (Å²) in [6, 6.07) is 0.